The first kappa shape index (κ1) is 18.3. The van der Waals surface area contributed by atoms with Crippen molar-refractivity contribution in [3.05, 3.63) is 70.0 Å². The smallest absolute Gasteiger partial charge is 0.325 e. The van der Waals surface area contributed by atoms with Crippen LogP contribution in [0.4, 0.5) is 14.9 Å². The third-order valence-electron chi connectivity index (χ3n) is 4.29. The molecule has 0 spiro atoms. The van der Waals surface area contributed by atoms with Crippen LogP contribution in [0.15, 0.2) is 48.5 Å². The number of halogens is 1. The molecule has 3 amide bonds. The number of hydrogen-bond acceptors (Lipinski definition) is 5. The van der Waals surface area contributed by atoms with Crippen molar-refractivity contribution in [1.29, 1.82) is 0 Å². The van der Waals surface area contributed by atoms with E-state index in [1.807, 2.05) is 0 Å². The third kappa shape index (κ3) is 3.57. The summed E-state index contributed by atoms with van der Waals surface area (Å²) in [4.78, 5) is 36.4. The monoisotopic (exact) mass is 373 g/mol. The van der Waals surface area contributed by atoms with Gasteiger partial charge >= 0.3 is 6.03 Å². The molecule has 0 saturated carbocycles. The normalized spacial score (nSPS) is 19.1. The number of nitrogens with one attached hydrogen (secondary N) is 1. The summed E-state index contributed by atoms with van der Waals surface area (Å²) in [6, 6.07) is 10.4. The number of amides is 3. The van der Waals surface area contributed by atoms with Crippen molar-refractivity contribution in [2.45, 2.75) is 12.5 Å². The fraction of sp³-hybridized carbons (Fsp3) is 0.222. The number of rotatable bonds is 6. The van der Waals surface area contributed by atoms with E-state index in [2.05, 4.69) is 5.32 Å². The van der Waals surface area contributed by atoms with Crippen molar-refractivity contribution in [2.24, 2.45) is 0 Å². The van der Waals surface area contributed by atoms with Gasteiger partial charge in [-0.25, -0.2) is 9.18 Å². The van der Waals surface area contributed by atoms with Crippen LogP contribution in [0.5, 0.6) is 5.75 Å². The molecule has 1 heterocycles. The van der Waals surface area contributed by atoms with E-state index in [1.165, 1.54) is 49.4 Å². The molecule has 0 bridgehead atoms. The molecule has 1 aliphatic heterocycles. The molecule has 1 saturated heterocycles. The van der Waals surface area contributed by atoms with Crippen LogP contribution in [-0.2, 0) is 10.3 Å². The molecule has 9 heteroatoms. The van der Waals surface area contributed by atoms with Crippen LogP contribution >= 0.6 is 0 Å². The van der Waals surface area contributed by atoms with Gasteiger partial charge in [0.2, 0.25) is 0 Å². The Morgan fingerprint density at radius 3 is 2.67 bits per heavy atom. The second kappa shape index (κ2) is 7.02. The second-order valence-electron chi connectivity index (χ2n) is 6.13. The van der Waals surface area contributed by atoms with Crippen LogP contribution in [0.1, 0.15) is 12.5 Å². The highest BCUT2D eigenvalue weighted by Crippen LogP contribution is 2.30. The van der Waals surface area contributed by atoms with Gasteiger partial charge in [0.1, 0.15) is 23.7 Å². The van der Waals surface area contributed by atoms with E-state index in [9.17, 15) is 24.1 Å². The van der Waals surface area contributed by atoms with Gasteiger partial charge in [-0.05, 0) is 24.6 Å². The van der Waals surface area contributed by atoms with Crippen molar-refractivity contribution in [2.75, 3.05) is 13.2 Å². The zero-order chi connectivity index (χ0) is 19.6. The summed E-state index contributed by atoms with van der Waals surface area (Å²) >= 11 is 0. The summed E-state index contributed by atoms with van der Waals surface area (Å²) in [5.74, 6) is -0.722. The second-order valence-corrected chi connectivity index (χ2v) is 6.13. The Balaban J connectivity index is 1.72. The Bertz CT molecular complexity index is 919. The summed E-state index contributed by atoms with van der Waals surface area (Å²) in [6.45, 7) is 1.42. The number of hydrogen-bond donors (Lipinski definition) is 1. The number of carbonyl (C=O) groups is 2. The van der Waals surface area contributed by atoms with Gasteiger partial charge in [0.15, 0.2) is 0 Å². The Labute approximate surface area is 153 Å². The van der Waals surface area contributed by atoms with Crippen molar-refractivity contribution >= 4 is 17.6 Å². The zero-order valence-electron chi connectivity index (χ0n) is 14.3. The largest absolute Gasteiger partial charge is 0.492 e. The maximum Gasteiger partial charge on any atom is 0.325 e. The highest BCUT2D eigenvalue weighted by atomic mass is 19.1. The minimum Gasteiger partial charge on any atom is -0.492 e. The highest BCUT2D eigenvalue weighted by molar-refractivity contribution is 6.07. The van der Waals surface area contributed by atoms with E-state index in [-0.39, 0.29) is 24.6 Å². The van der Waals surface area contributed by atoms with Gasteiger partial charge in [0.05, 0.1) is 11.5 Å². The molecule has 1 N–H and O–H groups in total. The Morgan fingerprint density at radius 2 is 1.96 bits per heavy atom. The number of non-ortho nitro benzene ring substituents is 1. The lowest BCUT2D eigenvalue weighted by Gasteiger charge is -2.22. The van der Waals surface area contributed by atoms with Gasteiger partial charge in [0, 0.05) is 18.2 Å². The Kier molecular flexibility index (Phi) is 4.76. The maximum absolute atomic E-state index is 13.1. The van der Waals surface area contributed by atoms with E-state index < -0.39 is 28.2 Å². The first-order valence-electron chi connectivity index (χ1n) is 8.08. The molecule has 1 aliphatic rings. The number of nitro groups is 1. The van der Waals surface area contributed by atoms with Crippen molar-refractivity contribution in [1.82, 2.24) is 10.2 Å². The molecule has 1 atom stereocenters. The molecule has 0 aromatic heterocycles. The molecule has 140 valence electrons. The highest BCUT2D eigenvalue weighted by Gasteiger charge is 2.49. The van der Waals surface area contributed by atoms with E-state index in [1.54, 1.807) is 6.07 Å². The number of ether oxygens (including phenoxy) is 1. The number of nitro benzene ring substituents is 1. The molecular weight excluding hydrogens is 357 g/mol. The number of nitrogens with zero attached hydrogens (tertiary/aromatic N) is 2. The molecule has 3 rings (SSSR count). The summed E-state index contributed by atoms with van der Waals surface area (Å²) in [6.07, 6.45) is 0. The molecule has 1 fully saturated rings. The summed E-state index contributed by atoms with van der Waals surface area (Å²) in [5, 5.41) is 13.5. The van der Waals surface area contributed by atoms with E-state index >= 15 is 0 Å². The van der Waals surface area contributed by atoms with Crippen LogP contribution < -0.4 is 10.1 Å². The van der Waals surface area contributed by atoms with Gasteiger partial charge in [-0.2, -0.15) is 0 Å². The summed E-state index contributed by atoms with van der Waals surface area (Å²) in [5.41, 5.74) is -1.28. The number of imide groups is 1. The van der Waals surface area contributed by atoms with Gasteiger partial charge in [-0.3, -0.25) is 19.8 Å². The molecule has 0 unspecified atom stereocenters. The zero-order valence-corrected chi connectivity index (χ0v) is 14.3. The predicted octanol–water partition coefficient (Wildman–Crippen LogP) is 2.58. The van der Waals surface area contributed by atoms with Crippen molar-refractivity contribution in [3.63, 3.8) is 0 Å². The SMILES string of the molecule is C[C@@]1(c2cccc([N+](=O)[O-])c2)NC(=O)N(CCOc2cccc(F)c2)C1=O. The molecule has 8 nitrogen and oxygen atoms in total. The van der Waals surface area contributed by atoms with E-state index in [4.69, 9.17) is 4.74 Å². The number of carbonyl (C=O) groups excluding carboxylic acids is 2. The minimum absolute atomic E-state index is 0.0202. The van der Waals surface area contributed by atoms with Crippen molar-refractivity contribution < 1.29 is 23.6 Å². The topological polar surface area (TPSA) is 102 Å². The first-order chi connectivity index (χ1) is 12.8. The quantitative estimate of drug-likeness (QED) is 0.476. The lowest BCUT2D eigenvalue weighted by molar-refractivity contribution is -0.385. The van der Waals surface area contributed by atoms with Crippen molar-refractivity contribution in [3.8, 4) is 5.75 Å². The molecule has 0 radical (unpaired) electrons. The van der Waals surface area contributed by atoms with Crippen LogP contribution in [-0.4, -0.2) is 34.9 Å². The average molecular weight is 373 g/mol. The van der Waals surface area contributed by atoms with Gasteiger partial charge < -0.3 is 10.1 Å². The number of urea groups is 1. The first-order valence-corrected chi connectivity index (χ1v) is 8.08. The van der Waals surface area contributed by atoms with Gasteiger partial charge in [0.25, 0.3) is 11.6 Å². The number of benzene rings is 2. The molecule has 0 aliphatic carbocycles. The van der Waals surface area contributed by atoms with Crippen LogP contribution in [0.25, 0.3) is 0 Å². The standard InChI is InChI=1S/C18H16FN3O5/c1-18(12-4-2-6-14(10-12)22(25)26)16(23)21(17(24)20-18)8-9-27-15-7-3-5-13(19)11-15/h2-7,10-11H,8-9H2,1H3,(H,20,24)/t18-/m0/s1. The molecular formula is C18H16FN3O5. The molecule has 27 heavy (non-hydrogen) atoms. The maximum atomic E-state index is 13.1. The predicted molar refractivity (Wildman–Crippen MR) is 92.6 cm³/mol. The average Bonchev–Trinajstić information content (AvgIpc) is 2.86. The lowest BCUT2D eigenvalue weighted by Crippen LogP contribution is -2.41. The fourth-order valence-corrected chi connectivity index (χ4v) is 2.84. The summed E-state index contributed by atoms with van der Waals surface area (Å²) < 4.78 is 18.5. The van der Waals surface area contributed by atoms with Gasteiger partial charge in [-0.1, -0.05) is 18.2 Å². The summed E-state index contributed by atoms with van der Waals surface area (Å²) in [7, 11) is 0. The van der Waals surface area contributed by atoms with E-state index in [0.717, 1.165) is 4.90 Å². The van der Waals surface area contributed by atoms with Crippen LogP contribution in [0.3, 0.4) is 0 Å². The lowest BCUT2D eigenvalue weighted by atomic mass is 9.91. The Morgan fingerprint density at radius 1 is 1.22 bits per heavy atom. The van der Waals surface area contributed by atoms with Crippen LogP contribution in [0, 0.1) is 15.9 Å². The molecule has 2 aromatic rings. The van der Waals surface area contributed by atoms with Crippen LogP contribution in [0.2, 0.25) is 0 Å². The van der Waals surface area contributed by atoms with Gasteiger partial charge in [-0.15, -0.1) is 0 Å². The minimum atomic E-state index is -1.41. The van der Waals surface area contributed by atoms with E-state index in [0.29, 0.717) is 5.56 Å². The third-order valence-corrected chi connectivity index (χ3v) is 4.29. The molecule has 2 aromatic carbocycles. The Hall–Kier alpha value is -3.49. The fourth-order valence-electron chi connectivity index (χ4n) is 2.84.